The predicted molar refractivity (Wildman–Crippen MR) is 92.0 cm³/mol. The molecule has 110 valence electrons. The van der Waals surface area contributed by atoms with Gasteiger partial charge in [0, 0.05) is 15.7 Å². The van der Waals surface area contributed by atoms with Crippen LogP contribution in [-0.2, 0) is 6.42 Å². The Bertz CT molecular complexity index is 632. The number of halogens is 1. The fraction of sp³-hybridized carbons (Fsp3) is 0.278. The largest absolute Gasteiger partial charge is 0.322 e. The molecule has 0 fully saturated rings. The van der Waals surface area contributed by atoms with Gasteiger partial charge in [0.15, 0.2) is 0 Å². The Morgan fingerprint density at radius 2 is 1.81 bits per heavy atom. The number of benzene rings is 2. The van der Waals surface area contributed by atoms with Crippen molar-refractivity contribution in [2.45, 2.75) is 33.1 Å². The van der Waals surface area contributed by atoms with Crippen molar-refractivity contribution in [1.29, 1.82) is 0 Å². The Morgan fingerprint density at radius 3 is 2.38 bits per heavy atom. The van der Waals surface area contributed by atoms with Crippen LogP contribution in [-0.4, -0.2) is 5.91 Å². The number of aryl methyl sites for hydroxylation is 1. The van der Waals surface area contributed by atoms with Crippen molar-refractivity contribution in [2.75, 3.05) is 5.32 Å². The number of rotatable bonds is 4. The second-order valence-corrected chi connectivity index (χ2v) is 6.30. The summed E-state index contributed by atoms with van der Waals surface area (Å²) < 4.78 is 1.03. The predicted octanol–water partition coefficient (Wildman–Crippen LogP) is 5.39. The minimum atomic E-state index is -0.0673. The molecule has 1 N–H and O–H groups in total. The SMILES string of the molecule is CCc1cc(Br)ccc1NC(=O)c1ccc(C(C)C)cc1. The van der Waals surface area contributed by atoms with E-state index in [0.717, 1.165) is 22.1 Å². The van der Waals surface area contributed by atoms with Crippen molar-refractivity contribution >= 4 is 27.5 Å². The summed E-state index contributed by atoms with van der Waals surface area (Å²) in [6, 6.07) is 13.7. The summed E-state index contributed by atoms with van der Waals surface area (Å²) in [5.74, 6) is 0.405. The van der Waals surface area contributed by atoms with Crippen LogP contribution in [0, 0.1) is 0 Å². The Balaban J connectivity index is 2.18. The number of anilines is 1. The average Bonchev–Trinajstić information content (AvgIpc) is 2.49. The van der Waals surface area contributed by atoms with Crippen LogP contribution in [0.1, 0.15) is 48.2 Å². The van der Waals surface area contributed by atoms with E-state index < -0.39 is 0 Å². The molecule has 0 unspecified atom stereocenters. The highest BCUT2D eigenvalue weighted by atomic mass is 79.9. The normalized spacial score (nSPS) is 10.7. The highest BCUT2D eigenvalue weighted by Crippen LogP contribution is 2.22. The quantitative estimate of drug-likeness (QED) is 0.790. The fourth-order valence-electron chi connectivity index (χ4n) is 2.19. The molecular weight excluding hydrogens is 326 g/mol. The maximum absolute atomic E-state index is 12.3. The van der Waals surface area contributed by atoms with Crippen LogP contribution in [0.5, 0.6) is 0 Å². The van der Waals surface area contributed by atoms with Gasteiger partial charge in [0.25, 0.3) is 5.91 Å². The first-order chi connectivity index (χ1) is 10.0. The first-order valence-electron chi connectivity index (χ1n) is 7.21. The number of carbonyl (C=O) groups excluding carboxylic acids is 1. The second-order valence-electron chi connectivity index (χ2n) is 5.39. The van der Waals surface area contributed by atoms with Crippen LogP contribution < -0.4 is 5.32 Å². The molecule has 0 heterocycles. The van der Waals surface area contributed by atoms with Gasteiger partial charge in [0.1, 0.15) is 0 Å². The molecular formula is C18H20BrNO. The van der Waals surface area contributed by atoms with Crippen LogP contribution in [0.2, 0.25) is 0 Å². The van der Waals surface area contributed by atoms with Crippen molar-refractivity contribution < 1.29 is 4.79 Å². The van der Waals surface area contributed by atoms with Crippen LogP contribution in [0.25, 0.3) is 0 Å². The number of carbonyl (C=O) groups is 1. The highest BCUT2D eigenvalue weighted by molar-refractivity contribution is 9.10. The van der Waals surface area contributed by atoms with Gasteiger partial charge in [-0.2, -0.15) is 0 Å². The van der Waals surface area contributed by atoms with Crippen molar-refractivity contribution in [2.24, 2.45) is 0 Å². The molecule has 0 radical (unpaired) electrons. The lowest BCUT2D eigenvalue weighted by atomic mass is 10.0. The van der Waals surface area contributed by atoms with E-state index in [1.54, 1.807) is 0 Å². The highest BCUT2D eigenvalue weighted by Gasteiger charge is 2.09. The summed E-state index contributed by atoms with van der Waals surface area (Å²) >= 11 is 3.46. The maximum Gasteiger partial charge on any atom is 0.255 e. The lowest BCUT2D eigenvalue weighted by Crippen LogP contribution is -2.13. The van der Waals surface area contributed by atoms with Crippen LogP contribution in [0.3, 0.4) is 0 Å². The molecule has 0 saturated heterocycles. The molecule has 0 aliphatic rings. The van der Waals surface area contributed by atoms with E-state index in [-0.39, 0.29) is 5.91 Å². The first-order valence-corrected chi connectivity index (χ1v) is 8.00. The third kappa shape index (κ3) is 3.94. The Morgan fingerprint density at radius 1 is 1.14 bits per heavy atom. The van der Waals surface area contributed by atoms with Gasteiger partial charge in [0.2, 0.25) is 0 Å². The molecule has 2 aromatic carbocycles. The van der Waals surface area contributed by atoms with Gasteiger partial charge in [0.05, 0.1) is 0 Å². The molecule has 0 saturated carbocycles. The number of amides is 1. The topological polar surface area (TPSA) is 29.1 Å². The van der Waals surface area contributed by atoms with Crippen LogP contribution >= 0.6 is 15.9 Å². The van der Waals surface area contributed by atoms with Gasteiger partial charge >= 0.3 is 0 Å². The van der Waals surface area contributed by atoms with Crippen molar-refractivity contribution in [3.8, 4) is 0 Å². The van der Waals surface area contributed by atoms with Gasteiger partial charge in [-0.15, -0.1) is 0 Å². The molecule has 0 aliphatic carbocycles. The zero-order chi connectivity index (χ0) is 15.4. The van der Waals surface area contributed by atoms with E-state index in [2.05, 4.69) is 42.0 Å². The standard InChI is InChI=1S/C18H20BrNO/c1-4-13-11-16(19)9-10-17(13)20-18(21)15-7-5-14(6-8-15)12(2)3/h5-12H,4H2,1-3H3,(H,20,21). The lowest BCUT2D eigenvalue weighted by molar-refractivity contribution is 0.102. The van der Waals surface area contributed by atoms with E-state index in [0.29, 0.717) is 11.5 Å². The van der Waals surface area contributed by atoms with Gasteiger partial charge in [-0.25, -0.2) is 0 Å². The lowest BCUT2D eigenvalue weighted by Gasteiger charge is -2.11. The first kappa shape index (κ1) is 15.8. The Kier molecular flexibility index (Phi) is 5.18. The van der Waals surface area contributed by atoms with Crippen molar-refractivity contribution in [3.05, 3.63) is 63.6 Å². The van der Waals surface area contributed by atoms with Gasteiger partial charge in [-0.05, 0) is 53.8 Å². The fourth-order valence-corrected chi connectivity index (χ4v) is 2.60. The summed E-state index contributed by atoms with van der Waals surface area (Å²) in [6.45, 7) is 6.36. The third-order valence-corrected chi connectivity index (χ3v) is 4.03. The second kappa shape index (κ2) is 6.90. The van der Waals surface area contributed by atoms with E-state index in [1.807, 2.05) is 42.5 Å². The molecule has 2 aromatic rings. The molecule has 0 aliphatic heterocycles. The Hall–Kier alpha value is -1.61. The van der Waals surface area contributed by atoms with Gasteiger partial charge in [-0.3, -0.25) is 4.79 Å². The minimum absolute atomic E-state index is 0.0673. The van der Waals surface area contributed by atoms with E-state index in [9.17, 15) is 4.79 Å². The number of nitrogens with one attached hydrogen (secondary N) is 1. The smallest absolute Gasteiger partial charge is 0.255 e. The zero-order valence-corrected chi connectivity index (χ0v) is 14.2. The molecule has 2 rings (SSSR count). The van der Waals surface area contributed by atoms with Crippen LogP contribution in [0.15, 0.2) is 46.9 Å². The molecule has 1 amide bonds. The van der Waals surface area contributed by atoms with E-state index in [4.69, 9.17) is 0 Å². The van der Waals surface area contributed by atoms with E-state index >= 15 is 0 Å². The number of hydrogen-bond donors (Lipinski definition) is 1. The molecule has 0 spiro atoms. The zero-order valence-electron chi connectivity index (χ0n) is 12.6. The molecule has 21 heavy (non-hydrogen) atoms. The van der Waals surface area contributed by atoms with Gasteiger partial charge in [-0.1, -0.05) is 48.8 Å². The average molecular weight is 346 g/mol. The maximum atomic E-state index is 12.3. The van der Waals surface area contributed by atoms with Crippen LogP contribution in [0.4, 0.5) is 5.69 Å². The van der Waals surface area contributed by atoms with E-state index in [1.165, 1.54) is 5.56 Å². The van der Waals surface area contributed by atoms with Crippen molar-refractivity contribution in [1.82, 2.24) is 0 Å². The summed E-state index contributed by atoms with van der Waals surface area (Å²) in [5.41, 5.74) is 3.92. The van der Waals surface area contributed by atoms with Crippen molar-refractivity contribution in [3.63, 3.8) is 0 Å². The Labute approximate surface area is 134 Å². The molecule has 3 heteroatoms. The summed E-state index contributed by atoms with van der Waals surface area (Å²) in [6.07, 6.45) is 0.876. The third-order valence-electron chi connectivity index (χ3n) is 3.54. The summed E-state index contributed by atoms with van der Waals surface area (Å²) in [7, 11) is 0. The van der Waals surface area contributed by atoms with Gasteiger partial charge < -0.3 is 5.32 Å². The number of hydrogen-bond acceptors (Lipinski definition) is 1. The monoisotopic (exact) mass is 345 g/mol. The molecule has 0 atom stereocenters. The molecule has 0 aromatic heterocycles. The summed E-state index contributed by atoms with van der Waals surface area (Å²) in [4.78, 5) is 12.3. The molecule has 2 nitrogen and oxygen atoms in total. The molecule has 0 bridgehead atoms. The summed E-state index contributed by atoms with van der Waals surface area (Å²) in [5, 5.41) is 2.99. The minimum Gasteiger partial charge on any atom is -0.322 e.